The van der Waals surface area contributed by atoms with Gasteiger partial charge in [-0.25, -0.2) is 9.37 Å². The molecule has 0 saturated carbocycles. The van der Waals surface area contributed by atoms with Crippen molar-refractivity contribution in [2.24, 2.45) is 7.05 Å². The van der Waals surface area contributed by atoms with Crippen molar-refractivity contribution in [2.45, 2.75) is 25.7 Å². The maximum atomic E-state index is 14.2. The van der Waals surface area contributed by atoms with E-state index in [-0.39, 0.29) is 18.2 Å². The summed E-state index contributed by atoms with van der Waals surface area (Å²) in [4.78, 5) is 4.09. The Morgan fingerprint density at radius 2 is 2.10 bits per heavy atom. The molecule has 0 amide bonds. The number of allylic oxidation sites excluding steroid dienone is 2. The molecule has 3 rings (SSSR count). The van der Waals surface area contributed by atoms with Gasteiger partial charge in [-0.3, -0.25) is 4.68 Å². The summed E-state index contributed by atoms with van der Waals surface area (Å²) >= 11 is 0. The monoisotopic (exact) mass is 293 g/mol. The molecular weight excluding hydrogens is 277 g/mol. The third kappa shape index (κ3) is 2.90. The third-order valence-corrected chi connectivity index (χ3v) is 3.47. The van der Waals surface area contributed by atoms with Gasteiger partial charge in [0, 0.05) is 7.05 Å². The predicted octanol–water partition coefficient (Wildman–Crippen LogP) is 4.00. The Hall–Kier alpha value is -1.68. The van der Waals surface area contributed by atoms with Crippen LogP contribution in [-0.4, -0.2) is 14.8 Å². The fourth-order valence-corrected chi connectivity index (χ4v) is 2.46. The summed E-state index contributed by atoms with van der Waals surface area (Å²) in [5, 5.41) is 4.13. The molecule has 1 aromatic heterocycles. The minimum Gasteiger partial charge on any atom is -0.255 e. The van der Waals surface area contributed by atoms with E-state index in [0.29, 0.717) is 11.4 Å². The van der Waals surface area contributed by atoms with Crippen molar-refractivity contribution in [1.29, 1.82) is 0 Å². The molecule has 0 aliphatic heterocycles. The Kier molecular flexibility index (Phi) is 4.55. The lowest BCUT2D eigenvalue weighted by atomic mass is 9.93. The highest BCUT2D eigenvalue weighted by Crippen LogP contribution is 2.29. The Bertz CT molecular complexity index is 634. The lowest BCUT2D eigenvalue weighted by Crippen LogP contribution is -1.95. The van der Waals surface area contributed by atoms with Crippen LogP contribution in [0.4, 0.5) is 4.39 Å². The van der Waals surface area contributed by atoms with Crippen LogP contribution in [0.15, 0.2) is 30.6 Å². The molecule has 2 aromatic rings. The summed E-state index contributed by atoms with van der Waals surface area (Å²) in [6.07, 6.45) is 8.36. The van der Waals surface area contributed by atoms with Crippen LogP contribution in [0.3, 0.4) is 0 Å². The quantitative estimate of drug-likeness (QED) is 0.838. The largest absolute Gasteiger partial charge is 0.255 e. The molecule has 0 radical (unpaired) electrons. The van der Waals surface area contributed by atoms with Crippen molar-refractivity contribution in [3.63, 3.8) is 0 Å². The summed E-state index contributed by atoms with van der Waals surface area (Å²) in [5.74, 6) is 0.180. The average molecular weight is 294 g/mol. The van der Waals surface area contributed by atoms with E-state index in [9.17, 15) is 4.39 Å². The molecule has 0 unspecified atom stereocenters. The zero-order valence-electron chi connectivity index (χ0n) is 11.3. The molecule has 20 heavy (non-hydrogen) atoms. The van der Waals surface area contributed by atoms with Crippen LogP contribution in [0.5, 0.6) is 0 Å². The fourth-order valence-electron chi connectivity index (χ4n) is 2.46. The SMILES string of the molecule is Cl.Cn1cnc(-c2ccc(C3=CCCCC3)cc2F)n1. The van der Waals surface area contributed by atoms with Gasteiger partial charge in [0.05, 0.1) is 5.56 Å². The third-order valence-electron chi connectivity index (χ3n) is 3.47. The minimum atomic E-state index is -0.254. The average Bonchev–Trinajstić information content (AvgIpc) is 2.86. The van der Waals surface area contributed by atoms with E-state index in [2.05, 4.69) is 16.2 Å². The number of halogens is 2. The molecule has 1 aliphatic rings. The van der Waals surface area contributed by atoms with Crippen LogP contribution in [0.2, 0.25) is 0 Å². The van der Waals surface area contributed by atoms with Crippen molar-refractivity contribution in [1.82, 2.24) is 14.8 Å². The molecule has 1 heterocycles. The van der Waals surface area contributed by atoms with E-state index in [1.165, 1.54) is 18.4 Å². The number of aromatic nitrogens is 3. The van der Waals surface area contributed by atoms with Gasteiger partial charge in [0.15, 0.2) is 5.82 Å². The molecule has 0 fully saturated rings. The van der Waals surface area contributed by atoms with E-state index in [4.69, 9.17) is 0 Å². The molecule has 1 aliphatic carbocycles. The first kappa shape index (κ1) is 14.7. The Labute approximate surface area is 123 Å². The van der Waals surface area contributed by atoms with Gasteiger partial charge in [-0.2, -0.15) is 5.10 Å². The Morgan fingerprint density at radius 3 is 2.70 bits per heavy atom. The van der Waals surface area contributed by atoms with E-state index < -0.39 is 0 Å². The van der Waals surface area contributed by atoms with E-state index in [1.807, 2.05) is 6.07 Å². The van der Waals surface area contributed by atoms with Crippen LogP contribution in [0.25, 0.3) is 17.0 Å². The van der Waals surface area contributed by atoms with Gasteiger partial charge >= 0.3 is 0 Å². The standard InChI is InChI=1S/C15H16FN3.ClH/c1-19-10-17-15(18-19)13-8-7-12(9-14(13)16)11-5-3-2-4-6-11;/h5,7-10H,2-4,6H2,1H3;1H. The van der Waals surface area contributed by atoms with Crippen LogP contribution in [0.1, 0.15) is 31.2 Å². The number of benzene rings is 1. The lowest BCUT2D eigenvalue weighted by molar-refractivity contribution is 0.628. The molecular formula is C15H17ClFN3. The summed E-state index contributed by atoms with van der Waals surface area (Å²) in [6.45, 7) is 0. The molecule has 0 saturated heterocycles. The summed E-state index contributed by atoms with van der Waals surface area (Å²) < 4.78 is 15.8. The summed E-state index contributed by atoms with van der Waals surface area (Å²) in [5.41, 5.74) is 2.70. The molecule has 0 spiro atoms. The molecule has 1 aromatic carbocycles. The molecule has 0 bridgehead atoms. The number of hydrogen-bond acceptors (Lipinski definition) is 2. The van der Waals surface area contributed by atoms with Crippen molar-refractivity contribution in [2.75, 3.05) is 0 Å². The van der Waals surface area contributed by atoms with Crippen molar-refractivity contribution in [3.05, 3.63) is 42.0 Å². The van der Waals surface area contributed by atoms with E-state index >= 15 is 0 Å². The van der Waals surface area contributed by atoms with Gasteiger partial charge in [-0.15, -0.1) is 12.4 Å². The molecule has 0 N–H and O–H groups in total. The maximum absolute atomic E-state index is 14.2. The first-order chi connectivity index (χ1) is 9.24. The van der Waals surface area contributed by atoms with Crippen molar-refractivity contribution >= 4 is 18.0 Å². The molecule has 106 valence electrons. The second-order valence-corrected chi connectivity index (χ2v) is 4.91. The van der Waals surface area contributed by atoms with Crippen molar-refractivity contribution < 1.29 is 4.39 Å². The zero-order valence-corrected chi connectivity index (χ0v) is 12.2. The first-order valence-corrected chi connectivity index (χ1v) is 6.59. The van der Waals surface area contributed by atoms with Gasteiger partial charge < -0.3 is 0 Å². The maximum Gasteiger partial charge on any atom is 0.184 e. The van der Waals surface area contributed by atoms with E-state index in [0.717, 1.165) is 18.4 Å². The summed E-state index contributed by atoms with van der Waals surface area (Å²) in [6, 6.07) is 5.34. The minimum absolute atomic E-state index is 0. The van der Waals surface area contributed by atoms with Gasteiger partial charge in [0.2, 0.25) is 0 Å². The smallest absolute Gasteiger partial charge is 0.184 e. The summed E-state index contributed by atoms with van der Waals surface area (Å²) in [7, 11) is 1.77. The number of rotatable bonds is 2. The highest BCUT2D eigenvalue weighted by atomic mass is 35.5. The Balaban J connectivity index is 0.00000147. The molecule has 3 nitrogen and oxygen atoms in total. The van der Waals surface area contributed by atoms with Gasteiger partial charge in [0.25, 0.3) is 0 Å². The molecule has 0 atom stereocenters. The van der Waals surface area contributed by atoms with Crippen LogP contribution < -0.4 is 0 Å². The zero-order chi connectivity index (χ0) is 13.2. The number of nitrogens with zero attached hydrogens (tertiary/aromatic N) is 3. The van der Waals surface area contributed by atoms with E-state index in [1.54, 1.807) is 30.2 Å². The first-order valence-electron chi connectivity index (χ1n) is 6.59. The normalized spacial score (nSPS) is 14.6. The lowest BCUT2D eigenvalue weighted by Gasteiger charge is -2.13. The Morgan fingerprint density at radius 1 is 1.25 bits per heavy atom. The second kappa shape index (κ2) is 6.18. The van der Waals surface area contributed by atoms with Crippen molar-refractivity contribution in [3.8, 4) is 11.4 Å². The van der Waals surface area contributed by atoms with Crippen LogP contribution in [-0.2, 0) is 7.05 Å². The van der Waals surface area contributed by atoms with Gasteiger partial charge in [-0.1, -0.05) is 12.1 Å². The van der Waals surface area contributed by atoms with Gasteiger partial charge in [-0.05, 0) is 49.0 Å². The highest BCUT2D eigenvalue weighted by Gasteiger charge is 2.12. The predicted molar refractivity (Wildman–Crippen MR) is 80.1 cm³/mol. The number of aryl methyl sites for hydroxylation is 1. The van der Waals surface area contributed by atoms with Crippen LogP contribution in [0, 0.1) is 5.82 Å². The van der Waals surface area contributed by atoms with Crippen LogP contribution >= 0.6 is 12.4 Å². The molecule has 5 heteroatoms. The number of hydrogen-bond donors (Lipinski definition) is 0. The fraction of sp³-hybridized carbons (Fsp3) is 0.333. The highest BCUT2D eigenvalue weighted by molar-refractivity contribution is 5.85. The van der Waals surface area contributed by atoms with Gasteiger partial charge in [0.1, 0.15) is 12.1 Å². The second-order valence-electron chi connectivity index (χ2n) is 4.91. The topological polar surface area (TPSA) is 30.7 Å².